The number of rotatable bonds is 6. The highest BCUT2D eigenvalue weighted by Crippen LogP contribution is 2.35. The van der Waals surface area contributed by atoms with Crippen molar-refractivity contribution in [1.82, 2.24) is 9.80 Å². The second-order valence-corrected chi connectivity index (χ2v) is 9.56. The fourth-order valence-corrected chi connectivity index (χ4v) is 4.97. The second kappa shape index (κ2) is 9.21. The van der Waals surface area contributed by atoms with Crippen LogP contribution in [0, 0.1) is 11.8 Å². The summed E-state index contributed by atoms with van der Waals surface area (Å²) in [4.78, 5) is 4.55. The van der Waals surface area contributed by atoms with Gasteiger partial charge in [0.05, 0.1) is 6.54 Å². The molecule has 2 heterocycles. The maximum atomic E-state index is 14.8. The molecular formula is C24H38F2N2. The van der Waals surface area contributed by atoms with Gasteiger partial charge >= 0.3 is 0 Å². The molecule has 0 spiro atoms. The van der Waals surface area contributed by atoms with Crippen LogP contribution in [0.4, 0.5) is 8.78 Å². The van der Waals surface area contributed by atoms with Gasteiger partial charge in [-0.3, -0.25) is 4.90 Å². The third-order valence-corrected chi connectivity index (χ3v) is 7.03. The van der Waals surface area contributed by atoms with E-state index in [0.29, 0.717) is 12.0 Å². The van der Waals surface area contributed by atoms with Crippen molar-refractivity contribution in [1.29, 1.82) is 0 Å². The Hall–Kier alpha value is -1.00. The van der Waals surface area contributed by atoms with E-state index in [0.717, 1.165) is 43.3 Å². The lowest BCUT2D eigenvalue weighted by molar-refractivity contribution is -0.0476. The minimum atomic E-state index is -2.77. The number of alkyl halides is 2. The standard InChI is InChI=1S/C24H38F2N2/c1-18(2)20-5-7-23(8-6-20)24(25,26)17-27-13-9-21(10-14-27)22-11-15-28(16-12-22)19(3)4/h5-8,18-19,21-22H,9-17H2,1-4H3. The molecule has 0 unspecified atom stereocenters. The number of halogens is 2. The summed E-state index contributed by atoms with van der Waals surface area (Å²) < 4.78 is 29.6. The zero-order valence-corrected chi connectivity index (χ0v) is 18.1. The number of hydrogen-bond acceptors (Lipinski definition) is 2. The molecular weight excluding hydrogens is 354 g/mol. The van der Waals surface area contributed by atoms with E-state index in [9.17, 15) is 8.78 Å². The fourth-order valence-electron chi connectivity index (χ4n) is 4.97. The van der Waals surface area contributed by atoms with E-state index in [1.54, 1.807) is 12.1 Å². The quantitative estimate of drug-likeness (QED) is 0.610. The zero-order valence-electron chi connectivity index (χ0n) is 18.1. The highest BCUT2D eigenvalue weighted by molar-refractivity contribution is 5.27. The molecule has 0 atom stereocenters. The molecule has 0 radical (unpaired) electrons. The third-order valence-electron chi connectivity index (χ3n) is 7.03. The summed E-state index contributed by atoms with van der Waals surface area (Å²) >= 11 is 0. The Balaban J connectivity index is 1.48. The Morgan fingerprint density at radius 3 is 1.82 bits per heavy atom. The van der Waals surface area contributed by atoms with Crippen LogP contribution in [0.25, 0.3) is 0 Å². The summed E-state index contributed by atoms with van der Waals surface area (Å²) in [5.74, 6) is -0.884. The van der Waals surface area contributed by atoms with Crippen molar-refractivity contribution in [3.8, 4) is 0 Å². The van der Waals surface area contributed by atoms with Crippen molar-refractivity contribution in [2.75, 3.05) is 32.7 Å². The molecule has 0 aromatic heterocycles. The second-order valence-electron chi connectivity index (χ2n) is 9.56. The Kier molecular flexibility index (Phi) is 7.14. The van der Waals surface area contributed by atoms with Crippen LogP contribution in [-0.4, -0.2) is 48.6 Å². The molecule has 0 bridgehead atoms. The summed E-state index contributed by atoms with van der Waals surface area (Å²) in [6, 6.07) is 7.57. The van der Waals surface area contributed by atoms with E-state index in [1.165, 1.54) is 25.9 Å². The average Bonchev–Trinajstić information content (AvgIpc) is 2.68. The van der Waals surface area contributed by atoms with Gasteiger partial charge in [0.2, 0.25) is 0 Å². The molecule has 0 N–H and O–H groups in total. The van der Waals surface area contributed by atoms with E-state index in [1.807, 2.05) is 17.0 Å². The molecule has 3 rings (SSSR count). The minimum absolute atomic E-state index is 0.146. The first-order valence-corrected chi connectivity index (χ1v) is 11.2. The maximum Gasteiger partial charge on any atom is 0.285 e. The van der Waals surface area contributed by atoms with E-state index >= 15 is 0 Å². The number of hydrogen-bond donors (Lipinski definition) is 0. The van der Waals surface area contributed by atoms with Crippen molar-refractivity contribution >= 4 is 0 Å². The molecule has 1 aromatic rings. The Bertz CT molecular complexity index is 596. The minimum Gasteiger partial charge on any atom is -0.301 e. The van der Waals surface area contributed by atoms with Crippen LogP contribution in [-0.2, 0) is 5.92 Å². The van der Waals surface area contributed by atoms with E-state index in [4.69, 9.17) is 0 Å². The van der Waals surface area contributed by atoms with Crippen LogP contribution in [0.15, 0.2) is 24.3 Å². The summed E-state index contributed by atoms with van der Waals surface area (Å²) in [6.45, 7) is 12.6. The molecule has 2 nitrogen and oxygen atoms in total. The first-order chi connectivity index (χ1) is 13.3. The number of nitrogens with zero attached hydrogens (tertiary/aromatic N) is 2. The predicted molar refractivity (Wildman–Crippen MR) is 113 cm³/mol. The third kappa shape index (κ3) is 5.33. The Morgan fingerprint density at radius 1 is 0.857 bits per heavy atom. The van der Waals surface area contributed by atoms with E-state index < -0.39 is 5.92 Å². The van der Waals surface area contributed by atoms with Crippen LogP contribution in [0.2, 0.25) is 0 Å². The molecule has 2 aliphatic rings. The number of benzene rings is 1. The lowest BCUT2D eigenvalue weighted by Crippen LogP contribution is -2.44. The normalized spacial score (nSPS) is 21.7. The topological polar surface area (TPSA) is 6.48 Å². The van der Waals surface area contributed by atoms with Gasteiger partial charge in [-0.25, -0.2) is 0 Å². The van der Waals surface area contributed by atoms with Gasteiger partial charge in [-0.2, -0.15) is 8.78 Å². The highest BCUT2D eigenvalue weighted by atomic mass is 19.3. The van der Waals surface area contributed by atoms with Crippen LogP contribution in [0.3, 0.4) is 0 Å². The number of likely N-dealkylation sites (tertiary alicyclic amines) is 2. The molecule has 2 saturated heterocycles. The maximum absolute atomic E-state index is 14.8. The lowest BCUT2D eigenvalue weighted by Gasteiger charge is -2.41. The van der Waals surface area contributed by atoms with Crippen LogP contribution in [0.1, 0.15) is 70.4 Å². The van der Waals surface area contributed by atoms with Crippen molar-refractivity contribution < 1.29 is 8.78 Å². The predicted octanol–water partition coefficient (Wildman–Crippen LogP) is 5.73. The van der Waals surface area contributed by atoms with Gasteiger partial charge in [-0.05, 0) is 89.0 Å². The fraction of sp³-hybridized carbons (Fsp3) is 0.750. The van der Waals surface area contributed by atoms with E-state index in [2.05, 4.69) is 32.6 Å². The van der Waals surface area contributed by atoms with Crippen molar-refractivity contribution in [3.05, 3.63) is 35.4 Å². The SMILES string of the molecule is CC(C)c1ccc(C(F)(F)CN2CCC(C3CCN(C(C)C)CC3)CC2)cc1. The van der Waals surface area contributed by atoms with Gasteiger partial charge in [-0.15, -0.1) is 0 Å². The summed E-state index contributed by atoms with van der Waals surface area (Å²) in [6.07, 6.45) is 4.71. The summed E-state index contributed by atoms with van der Waals surface area (Å²) in [5.41, 5.74) is 1.27. The molecule has 1 aromatic carbocycles. The van der Waals surface area contributed by atoms with Crippen LogP contribution < -0.4 is 0 Å². The molecule has 4 heteroatoms. The molecule has 0 aliphatic carbocycles. The van der Waals surface area contributed by atoms with Gasteiger partial charge in [0.25, 0.3) is 5.92 Å². The Morgan fingerprint density at radius 2 is 1.36 bits per heavy atom. The van der Waals surface area contributed by atoms with Gasteiger partial charge in [0.15, 0.2) is 0 Å². The first-order valence-electron chi connectivity index (χ1n) is 11.2. The largest absolute Gasteiger partial charge is 0.301 e. The monoisotopic (exact) mass is 392 g/mol. The molecule has 2 aliphatic heterocycles. The van der Waals surface area contributed by atoms with Crippen molar-refractivity contribution in [3.63, 3.8) is 0 Å². The van der Waals surface area contributed by atoms with Gasteiger partial charge in [-0.1, -0.05) is 38.1 Å². The zero-order chi connectivity index (χ0) is 20.3. The first kappa shape index (κ1) is 21.7. The van der Waals surface area contributed by atoms with Gasteiger partial charge in [0.1, 0.15) is 0 Å². The highest BCUT2D eigenvalue weighted by Gasteiger charge is 2.36. The van der Waals surface area contributed by atoms with E-state index in [-0.39, 0.29) is 12.1 Å². The van der Waals surface area contributed by atoms with Crippen molar-refractivity contribution in [2.45, 2.75) is 71.3 Å². The van der Waals surface area contributed by atoms with Crippen LogP contribution in [0.5, 0.6) is 0 Å². The molecule has 2 fully saturated rings. The van der Waals surface area contributed by atoms with Gasteiger partial charge < -0.3 is 4.90 Å². The Labute approximate surface area is 170 Å². The molecule has 28 heavy (non-hydrogen) atoms. The van der Waals surface area contributed by atoms with Gasteiger partial charge in [0, 0.05) is 11.6 Å². The summed E-state index contributed by atoms with van der Waals surface area (Å²) in [7, 11) is 0. The number of piperidine rings is 2. The molecule has 158 valence electrons. The lowest BCUT2D eigenvalue weighted by atomic mass is 9.78. The summed E-state index contributed by atoms with van der Waals surface area (Å²) in [5, 5.41) is 0. The molecule has 0 amide bonds. The van der Waals surface area contributed by atoms with Crippen LogP contribution >= 0.6 is 0 Å². The van der Waals surface area contributed by atoms with Crippen molar-refractivity contribution in [2.24, 2.45) is 11.8 Å². The average molecular weight is 393 g/mol. The smallest absolute Gasteiger partial charge is 0.285 e. The molecule has 0 saturated carbocycles.